The van der Waals surface area contributed by atoms with E-state index in [9.17, 15) is 4.79 Å². The molecular formula is C16H28N2O2S. The highest BCUT2D eigenvalue weighted by Gasteiger charge is 2.17. The van der Waals surface area contributed by atoms with Gasteiger partial charge in [0.05, 0.1) is 0 Å². The van der Waals surface area contributed by atoms with Crippen molar-refractivity contribution in [3.05, 3.63) is 21.4 Å². The molecule has 0 spiro atoms. The van der Waals surface area contributed by atoms with Gasteiger partial charge in [-0.1, -0.05) is 0 Å². The Labute approximate surface area is 132 Å². The van der Waals surface area contributed by atoms with Crippen molar-refractivity contribution >= 4 is 17.4 Å². The van der Waals surface area contributed by atoms with E-state index >= 15 is 0 Å². The van der Waals surface area contributed by atoms with Gasteiger partial charge in [-0.2, -0.15) is 0 Å². The molecule has 1 aromatic heterocycles. The topological polar surface area (TPSA) is 50.4 Å². The minimum Gasteiger partial charge on any atom is -0.444 e. The second-order valence-electron chi connectivity index (χ2n) is 6.54. The van der Waals surface area contributed by atoms with E-state index in [4.69, 9.17) is 4.74 Å². The highest BCUT2D eigenvalue weighted by atomic mass is 32.1. The van der Waals surface area contributed by atoms with Crippen LogP contribution >= 0.6 is 11.3 Å². The molecule has 21 heavy (non-hydrogen) atoms. The maximum absolute atomic E-state index is 11.6. The minimum absolute atomic E-state index is 0.173. The van der Waals surface area contributed by atoms with Gasteiger partial charge in [0.25, 0.3) is 0 Å². The standard InChI is InChI=1S/C16H28N2O2S/c1-10(9-17-15(19)20-16(5,6)7)18-12(3)14-8-11(2)21-13(14)4/h8,10,12,18H,9H2,1-7H3,(H,17,19). The Kier molecular flexibility index (Phi) is 6.23. The monoisotopic (exact) mass is 312 g/mol. The maximum atomic E-state index is 11.6. The fraction of sp³-hybridized carbons (Fsp3) is 0.688. The molecule has 2 atom stereocenters. The van der Waals surface area contributed by atoms with Gasteiger partial charge in [-0.15, -0.1) is 11.3 Å². The van der Waals surface area contributed by atoms with Gasteiger partial charge in [0.15, 0.2) is 0 Å². The lowest BCUT2D eigenvalue weighted by molar-refractivity contribution is 0.0522. The summed E-state index contributed by atoms with van der Waals surface area (Å²) in [5.41, 5.74) is 0.876. The molecule has 0 aromatic carbocycles. The summed E-state index contributed by atoms with van der Waals surface area (Å²) in [6.07, 6.45) is -0.369. The number of aryl methyl sites for hydroxylation is 2. The van der Waals surface area contributed by atoms with Crippen molar-refractivity contribution < 1.29 is 9.53 Å². The van der Waals surface area contributed by atoms with Crippen LogP contribution in [-0.4, -0.2) is 24.3 Å². The highest BCUT2D eigenvalue weighted by Crippen LogP contribution is 2.26. The average molecular weight is 312 g/mol. The molecule has 0 saturated carbocycles. The van der Waals surface area contributed by atoms with E-state index in [-0.39, 0.29) is 18.2 Å². The lowest BCUT2D eigenvalue weighted by Crippen LogP contribution is -2.42. The van der Waals surface area contributed by atoms with E-state index in [1.54, 1.807) is 0 Å². The molecule has 1 aromatic rings. The van der Waals surface area contributed by atoms with E-state index in [2.05, 4.69) is 44.4 Å². The van der Waals surface area contributed by atoms with Crippen LogP contribution in [0.3, 0.4) is 0 Å². The Morgan fingerprint density at radius 1 is 1.33 bits per heavy atom. The van der Waals surface area contributed by atoms with Crippen LogP contribution in [0.15, 0.2) is 6.07 Å². The first kappa shape index (κ1) is 18.0. The summed E-state index contributed by atoms with van der Waals surface area (Å²) in [5, 5.41) is 6.30. The number of hydrogen-bond acceptors (Lipinski definition) is 4. The normalized spacial score (nSPS) is 14.6. The van der Waals surface area contributed by atoms with Gasteiger partial charge in [0.1, 0.15) is 5.60 Å². The summed E-state index contributed by atoms with van der Waals surface area (Å²) < 4.78 is 5.22. The van der Waals surface area contributed by atoms with Crippen molar-refractivity contribution in [3.8, 4) is 0 Å². The van der Waals surface area contributed by atoms with Gasteiger partial charge < -0.3 is 15.4 Å². The maximum Gasteiger partial charge on any atom is 0.407 e. The number of amides is 1. The molecule has 120 valence electrons. The zero-order chi connectivity index (χ0) is 16.2. The molecule has 0 aliphatic carbocycles. The third-order valence-electron chi connectivity index (χ3n) is 3.03. The first-order chi connectivity index (χ1) is 9.58. The fourth-order valence-electron chi connectivity index (χ4n) is 2.21. The number of carbonyl (C=O) groups is 1. The SMILES string of the molecule is Cc1cc(C(C)NC(C)CNC(=O)OC(C)(C)C)c(C)s1. The summed E-state index contributed by atoms with van der Waals surface area (Å²) in [7, 11) is 0. The van der Waals surface area contributed by atoms with Gasteiger partial charge in [-0.05, 0) is 60.1 Å². The zero-order valence-electron chi connectivity index (χ0n) is 14.2. The van der Waals surface area contributed by atoms with E-state index in [1.165, 1.54) is 15.3 Å². The molecule has 2 N–H and O–H groups in total. The number of rotatable bonds is 5. The summed E-state index contributed by atoms with van der Waals surface area (Å²) in [6, 6.07) is 2.67. The van der Waals surface area contributed by atoms with Crippen molar-refractivity contribution in [2.24, 2.45) is 0 Å². The molecule has 2 unspecified atom stereocenters. The molecular weight excluding hydrogens is 284 g/mol. The number of alkyl carbamates (subject to hydrolysis) is 1. The number of hydrogen-bond donors (Lipinski definition) is 2. The second-order valence-corrected chi connectivity index (χ2v) is 8.00. The molecule has 1 rings (SSSR count). The van der Waals surface area contributed by atoms with E-state index in [0.29, 0.717) is 6.54 Å². The molecule has 1 heterocycles. The van der Waals surface area contributed by atoms with E-state index < -0.39 is 5.60 Å². The largest absolute Gasteiger partial charge is 0.444 e. The summed E-state index contributed by atoms with van der Waals surface area (Å²) in [6.45, 7) is 14.6. The van der Waals surface area contributed by atoms with Crippen LogP contribution in [0.1, 0.15) is 56.0 Å². The molecule has 5 heteroatoms. The van der Waals surface area contributed by atoms with Crippen molar-refractivity contribution in [1.82, 2.24) is 10.6 Å². The van der Waals surface area contributed by atoms with Crippen LogP contribution in [0.5, 0.6) is 0 Å². The van der Waals surface area contributed by atoms with Gasteiger partial charge in [0, 0.05) is 28.4 Å². The number of thiophene rings is 1. The van der Waals surface area contributed by atoms with Crippen LogP contribution < -0.4 is 10.6 Å². The number of carbonyl (C=O) groups excluding carboxylic acids is 1. The van der Waals surface area contributed by atoms with Crippen LogP contribution in [0.2, 0.25) is 0 Å². The summed E-state index contributed by atoms with van der Waals surface area (Å²) in [4.78, 5) is 14.3. The molecule has 0 aliphatic heterocycles. The second kappa shape index (κ2) is 7.27. The van der Waals surface area contributed by atoms with Crippen LogP contribution in [0.25, 0.3) is 0 Å². The Hall–Kier alpha value is -1.07. The molecule has 0 radical (unpaired) electrons. The van der Waals surface area contributed by atoms with Gasteiger partial charge in [-0.3, -0.25) is 0 Å². The van der Waals surface area contributed by atoms with Gasteiger partial charge in [0.2, 0.25) is 0 Å². The van der Waals surface area contributed by atoms with Crippen LogP contribution in [-0.2, 0) is 4.74 Å². The predicted octanol–water partition coefficient (Wildman–Crippen LogP) is 3.93. The fourth-order valence-corrected chi connectivity index (χ4v) is 3.23. The Morgan fingerprint density at radius 2 is 1.95 bits per heavy atom. The third kappa shape index (κ3) is 6.48. The molecule has 0 aliphatic rings. The third-order valence-corrected chi connectivity index (χ3v) is 4.01. The highest BCUT2D eigenvalue weighted by molar-refractivity contribution is 7.12. The van der Waals surface area contributed by atoms with Gasteiger partial charge >= 0.3 is 6.09 Å². The zero-order valence-corrected chi connectivity index (χ0v) is 15.0. The lowest BCUT2D eigenvalue weighted by Gasteiger charge is -2.23. The predicted molar refractivity (Wildman–Crippen MR) is 89.0 cm³/mol. The quantitative estimate of drug-likeness (QED) is 0.866. The smallest absolute Gasteiger partial charge is 0.407 e. The first-order valence-electron chi connectivity index (χ1n) is 7.38. The van der Waals surface area contributed by atoms with Crippen molar-refractivity contribution in [1.29, 1.82) is 0 Å². The summed E-state index contributed by atoms with van der Waals surface area (Å²) >= 11 is 1.82. The Balaban J connectivity index is 2.41. The van der Waals surface area contributed by atoms with Gasteiger partial charge in [-0.25, -0.2) is 4.79 Å². The van der Waals surface area contributed by atoms with Crippen LogP contribution in [0, 0.1) is 13.8 Å². The van der Waals surface area contributed by atoms with E-state index in [1.807, 2.05) is 32.1 Å². The molecule has 1 amide bonds. The Bertz CT molecular complexity index is 477. The minimum atomic E-state index is -0.459. The Morgan fingerprint density at radius 3 is 2.43 bits per heavy atom. The van der Waals surface area contributed by atoms with E-state index in [0.717, 1.165) is 0 Å². The van der Waals surface area contributed by atoms with Crippen molar-refractivity contribution in [3.63, 3.8) is 0 Å². The van der Waals surface area contributed by atoms with Crippen molar-refractivity contribution in [2.75, 3.05) is 6.54 Å². The summed E-state index contributed by atoms with van der Waals surface area (Å²) in [5.74, 6) is 0. The molecule has 0 bridgehead atoms. The average Bonchev–Trinajstić information content (AvgIpc) is 2.63. The number of ether oxygens (including phenoxy) is 1. The number of nitrogens with one attached hydrogen (secondary N) is 2. The molecule has 4 nitrogen and oxygen atoms in total. The first-order valence-corrected chi connectivity index (χ1v) is 8.20. The molecule has 0 fully saturated rings. The molecule has 0 saturated heterocycles. The van der Waals surface area contributed by atoms with Crippen molar-refractivity contribution in [2.45, 2.75) is 66.2 Å². The van der Waals surface area contributed by atoms with Crippen LogP contribution in [0.4, 0.5) is 4.79 Å². The lowest BCUT2D eigenvalue weighted by atomic mass is 10.1.